The summed E-state index contributed by atoms with van der Waals surface area (Å²) in [5.74, 6) is 0. The van der Waals surface area contributed by atoms with E-state index >= 15 is 0 Å². The number of aliphatic hydroxyl groups excluding tert-OH is 1. The van der Waals surface area contributed by atoms with E-state index in [1.807, 2.05) is 0 Å². The highest BCUT2D eigenvalue weighted by molar-refractivity contribution is 5.57. The molecule has 1 atom stereocenters. The topological polar surface area (TPSA) is 41.9 Å². The first-order valence-corrected chi connectivity index (χ1v) is 9.69. The first-order valence-electron chi connectivity index (χ1n) is 9.69. The maximum absolute atomic E-state index is 10.4. The summed E-state index contributed by atoms with van der Waals surface area (Å²) in [7, 11) is 0. The molecular weight excluding hydrogens is 314 g/mol. The average Bonchev–Trinajstić information content (AvgIpc) is 2.60. The van der Waals surface area contributed by atoms with E-state index in [-0.39, 0.29) is 11.5 Å². The third-order valence-corrected chi connectivity index (χ3v) is 5.28. The second-order valence-electron chi connectivity index (χ2n) is 8.44. The van der Waals surface area contributed by atoms with Crippen LogP contribution in [0.15, 0.2) is 18.2 Å². The smallest absolute Gasteiger partial charge is 0.0948 e. The maximum atomic E-state index is 10.4. The molecule has 0 radical (unpaired) electrons. The molecule has 2 heterocycles. The van der Waals surface area contributed by atoms with E-state index in [9.17, 15) is 5.11 Å². The molecule has 2 aliphatic rings. The van der Waals surface area contributed by atoms with Crippen LogP contribution in [0.5, 0.6) is 0 Å². The normalized spacial score (nSPS) is 20.4. The number of rotatable bonds is 5. The molecular formula is C21H33NO3. The van der Waals surface area contributed by atoms with Crippen molar-refractivity contribution in [2.45, 2.75) is 64.1 Å². The van der Waals surface area contributed by atoms with Gasteiger partial charge in [-0.2, -0.15) is 0 Å². The molecule has 4 nitrogen and oxygen atoms in total. The highest BCUT2D eigenvalue weighted by Crippen LogP contribution is 2.32. The molecule has 4 heteroatoms. The lowest BCUT2D eigenvalue weighted by molar-refractivity contribution is -0.0575. The Bertz CT molecular complexity index is 561. The molecule has 0 amide bonds. The molecule has 0 aromatic heterocycles. The van der Waals surface area contributed by atoms with Gasteiger partial charge in [0.25, 0.3) is 0 Å². The minimum absolute atomic E-state index is 0.175. The lowest BCUT2D eigenvalue weighted by Crippen LogP contribution is -2.39. The number of fused-ring (bicyclic) bond motifs is 1. The van der Waals surface area contributed by atoms with Crippen LogP contribution in [0.25, 0.3) is 0 Å². The van der Waals surface area contributed by atoms with Gasteiger partial charge in [0.1, 0.15) is 0 Å². The number of β-amino-alcohol motifs (C(OH)–C–C–N with tert-alkyl or cyclic N) is 1. The number of hydrogen-bond acceptors (Lipinski definition) is 4. The second-order valence-corrected chi connectivity index (χ2v) is 8.44. The summed E-state index contributed by atoms with van der Waals surface area (Å²) in [6.45, 7) is 10.4. The minimum Gasteiger partial charge on any atom is -0.389 e. The molecule has 1 aromatic carbocycles. The van der Waals surface area contributed by atoms with Gasteiger partial charge in [0.05, 0.1) is 18.8 Å². The Morgan fingerprint density at radius 2 is 2.04 bits per heavy atom. The Morgan fingerprint density at radius 1 is 1.28 bits per heavy atom. The average molecular weight is 347 g/mol. The molecule has 2 aliphatic heterocycles. The largest absolute Gasteiger partial charge is 0.389 e. The number of aliphatic hydroxyl groups is 1. The van der Waals surface area contributed by atoms with Crippen LogP contribution in [-0.4, -0.2) is 50.2 Å². The van der Waals surface area contributed by atoms with E-state index in [4.69, 9.17) is 9.47 Å². The molecule has 3 rings (SSSR count). The van der Waals surface area contributed by atoms with Gasteiger partial charge in [-0.3, -0.25) is 0 Å². The Kier molecular flexibility index (Phi) is 6.03. The number of aryl methyl sites for hydroxylation is 1. The van der Waals surface area contributed by atoms with E-state index in [0.29, 0.717) is 13.2 Å². The zero-order chi connectivity index (χ0) is 17.9. The Balaban J connectivity index is 1.58. The predicted octanol–water partition coefficient (Wildman–Crippen LogP) is 3.29. The van der Waals surface area contributed by atoms with Crippen LogP contribution in [0.4, 0.5) is 5.69 Å². The van der Waals surface area contributed by atoms with Crippen molar-refractivity contribution in [2.75, 3.05) is 37.8 Å². The van der Waals surface area contributed by atoms with Gasteiger partial charge in [-0.15, -0.1) is 0 Å². The van der Waals surface area contributed by atoms with Crippen LogP contribution >= 0.6 is 0 Å². The monoisotopic (exact) mass is 347 g/mol. The lowest BCUT2D eigenvalue weighted by atomic mass is 9.84. The molecule has 0 spiro atoms. The van der Waals surface area contributed by atoms with E-state index in [1.165, 1.54) is 16.8 Å². The Hall–Kier alpha value is -1.10. The van der Waals surface area contributed by atoms with Gasteiger partial charge in [0, 0.05) is 32.0 Å². The van der Waals surface area contributed by atoms with Gasteiger partial charge in [0.2, 0.25) is 0 Å². The molecule has 1 aromatic rings. The van der Waals surface area contributed by atoms with Crippen LogP contribution in [-0.2, 0) is 21.3 Å². The zero-order valence-corrected chi connectivity index (χ0v) is 16.0. The van der Waals surface area contributed by atoms with Crippen LogP contribution in [0, 0.1) is 0 Å². The first kappa shape index (κ1) is 18.7. The van der Waals surface area contributed by atoms with Gasteiger partial charge in [-0.05, 0) is 48.3 Å². The molecule has 1 N–H and O–H groups in total. The summed E-state index contributed by atoms with van der Waals surface area (Å²) >= 11 is 0. The van der Waals surface area contributed by atoms with Crippen molar-refractivity contribution >= 4 is 5.69 Å². The molecule has 25 heavy (non-hydrogen) atoms. The van der Waals surface area contributed by atoms with Gasteiger partial charge < -0.3 is 19.5 Å². The number of ether oxygens (including phenoxy) is 2. The van der Waals surface area contributed by atoms with E-state index in [2.05, 4.69) is 43.9 Å². The fourth-order valence-electron chi connectivity index (χ4n) is 3.73. The highest BCUT2D eigenvalue weighted by Gasteiger charge is 2.23. The fourth-order valence-corrected chi connectivity index (χ4v) is 3.73. The molecule has 0 aliphatic carbocycles. The van der Waals surface area contributed by atoms with E-state index < -0.39 is 6.10 Å². The third kappa shape index (κ3) is 4.96. The van der Waals surface area contributed by atoms with Crippen LogP contribution < -0.4 is 4.90 Å². The van der Waals surface area contributed by atoms with Crippen molar-refractivity contribution in [3.8, 4) is 0 Å². The number of anilines is 1. The lowest BCUT2D eigenvalue weighted by Gasteiger charge is -2.34. The van der Waals surface area contributed by atoms with Crippen molar-refractivity contribution in [3.63, 3.8) is 0 Å². The molecule has 140 valence electrons. The van der Waals surface area contributed by atoms with E-state index in [0.717, 1.165) is 45.4 Å². The number of hydrogen-bond donors (Lipinski definition) is 1. The van der Waals surface area contributed by atoms with Crippen molar-refractivity contribution in [2.24, 2.45) is 0 Å². The molecule has 0 bridgehead atoms. The first-order chi connectivity index (χ1) is 11.9. The number of benzene rings is 1. The second kappa shape index (κ2) is 8.07. The SMILES string of the molecule is CC(C)(C)c1ccc2c(c1)CCCN2CC(O)COC1CCOCC1. The van der Waals surface area contributed by atoms with Crippen molar-refractivity contribution in [1.29, 1.82) is 0 Å². The quantitative estimate of drug-likeness (QED) is 0.887. The van der Waals surface area contributed by atoms with Gasteiger partial charge >= 0.3 is 0 Å². The molecule has 1 fully saturated rings. The van der Waals surface area contributed by atoms with Gasteiger partial charge in [-0.1, -0.05) is 32.9 Å². The third-order valence-electron chi connectivity index (χ3n) is 5.28. The Labute approximate surface area is 152 Å². The summed E-state index contributed by atoms with van der Waals surface area (Å²) in [5.41, 5.74) is 4.26. The minimum atomic E-state index is -0.448. The summed E-state index contributed by atoms with van der Waals surface area (Å²) in [6, 6.07) is 6.83. The maximum Gasteiger partial charge on any atom is 0.0948 e. The van der Waals surface area contributed by atoms with Gasteiger partial charge in [-0.25, -0.2) is 0 Å². The Morgan fingerprint density at radius 3 is 2.76 bits per heavy atom. The predicted molar refractivity (Wildman–Crippen MR) is 101 cm³/mol. The summed E-state index contributed by atoms with van der Waals surface area (Å²) in [6.07, 6.45) is 3.95. The highest BCUT2D eigenvalue weighted by atomic mass is 16.5. The zero-order valence-electron chi connectivity index (χ0n) is 16.0. The molecule has 1 saturated heterocycles. The summed E-state index contributed by atoms with van der Waals surface area (Å²) in [5, 5.41) is 10.4. The van der Waals surface area contributed by atoms with Crippen molar-refractivity contribution in [1.82, 2.24) is 0 Å². The van der Waals surface area contributed by atoms with E-state index in [1.54, 1.807) is 0 Å². The molecule has 0 saturated carbocycles. The standard InChI is InChI=1S/C21H33NO3/c1-21(2,3)17-6-7-20-16(13-17)5-4-10-22(20)14-18(23)15-25-19-8-11-24-12-9-19/h6-7,13,18-19,23H,4-5,8-12,14-15H2,1-3H3. The van der Waals surface area contributed by atoms with Crippen molar-refractivity contribution in [3.05, 3.63) is 29.3 Å². The number of nitrogens with zero attached hydrogens (tertiary/aromatic N) is 1. The summed E-state index contributed by atoms with van der Waals surface area (Å²) in [4.78, 5) is 2.32. The van der Waals surface area contributed by atoms with Crippen LogP contribution in [0.1, 0.15) is 51.2 Å². The summed E-state index contributed by atoms with van der Waals surface area (Å²) < 4.78 is 11.2. The van der Waals surface area contributed by atoms with Crippen molar-refractivity contribution < 1.29 is 14.6 Å². The fraction of sp³-hybridized carbons (Fsp3) is 0.714. The van der Waals surface area contributed by atoms with Crippen LogP contribution in [0.2, 0.25) is 0 Å². The van der Waals surface area contributed by atoms with Crippen LogP contribution in [0.3, 0.4) is 0 Å². The molecule has 1 unspecified atom stereocenters. The van der Waals surface area contributed by atoms with Gasteiger partial charge in [0.15, 0.2) is 0 Å².